The summed E-state index contributed by atoms with van der Waals surface area (Å²) in [5.74, 6) is 5.90. The Morgan fingerprint density at radius 2 is 1.84 bits per heavy atom. The van der Waals surface area contributed by atoms with Crippen LogP contribution in [0.25, 0.3) is 11.3 Å². The molecule has 1 amide bonds. The van der Waals surface area contributed by atoms with Crippen LogP contribution >= 0.6 is 0 Å². The van der Waals surface area contributed by atoms with Crippen molar-refractivity contribution in [3.63, 3.8) is 0 Å². The second-order valence-corrected chi connectivity index (χ2v) is 5.15. The van der Waals surface area contributed by atoms with E-state index in [1.807, 2.05) is 30.3 Å². The van der Waals surface area contributed by atoms with Crippen molar-refractivity contribution in [2.75, 3.05) is 12.5 Å². The van der Waals surface area contributed by atoms with Gasteiger partial charge in [0.25, 0.3) is 11.5 Å². The van der Waals surface area contributed by atoms with E-state index in [0.29, 0.717) is 11.3 Å². The second kappa shape index (κ2) is 7.31. The number of rotatable bonds is 4. The monoisotopic (exact) mass is 335 g/mol. The van der Waals surface area contributed by atoms with Gasteiger partial charge in [-0.1, -0.05) is 18.2 Å². The van der Waals surface area contributed by atoms with Gasteiger partial charge in [-0.25, -0.2) is 9.66 Å². The molecule has 0 aliphatic heterocycles. The maximum atomic E-state index is 12.3. The smallest absolute Gasteiger partial charge is 0.270 e. The molecule has 126 valence electrons. The molecule has 3 aromatic rings. The molecule has 3 N–H and O–H groups in total. The Kier molecular flexibility index (Phi) is 4.75. The van der Waals surface area contributed by atoms with Crippen molar-refractivity contribution in [1.29, 1.82) is 0 Å². The minimum Gasteiger partial charge on any atom is -0.497 e. The van der Waals surface area contributed by atoms with E-state index in [-0.39, 0.29) is 11.5 Å². The van der Waals surface area contributed by atoms with Crippen molar-refractivity contribution in [2.24, 2.45) is 10.9 Å². The standard InChI is InChI=1S/C18H17N5O2/c1-25-15-9-7-13(8-10-15)16-11-12-23(18(20-16)21-19)22-17(24)14-5-3-2-4-6-14/h2-12H,19H2,1H3,(H,22,24)/b21-18-. The predicted octanol–water partition coefficient (Wildman–Crippen LogP) is 1.72. The van der Waals surface area contributed by atoms with Gasteiger partial charge in [-0.2, -0.15) is 0 Å². The minimum absolute atomic E-state index is 0.178. The van der Waals surface area contributed by atoms with Crippen molar-refractivity contribution in [2.45, 2.75) is 0 Å². The zero-order chi connectivity index (χ0) is 17.6. The molecule has 2 aromatic carbocycles. The molecule has 0 saturated heterocycles. The van der Waals surface area contributed by atoms with Gasteiger partial charge in [0.05, 0.1) is 12.8 Å². The van der Waals surface area contributed by atoms with Gasteiger partial charge in [0.15, 0.2) is 0 Å². The highest BCUT2D eigenvalue weighted by molar-refractivity contribution is 5.99. The number of ether oxygens (including phenoxy) is 1. The van der Waals surface area contributed by atoms with Crippen LogP contribution in [-0.2, 0) is 0 Å². The molecule has 1 aromatic heterocycles. The second-order valence-electron chi connectivity index (χ2n) is 5.15. The molecular formula is C18H17N5O2. The van der Waals surface area contributed by atoms with Gasteiger partial charge >= 0.3 is 0 Å². The molecule has 0 spiro atoms. The van der Waals surface area contributed by atoms with Gasteiger partial charge in [0.2, 0.25) is 0 Å². The highest BCUT2D eigenvalue weighted by Crippen LogP contribution is 2.19. The quantitative estimate of drug-likeness (QED) is 0.561. The summed E-state index contributed by atoms with van der Waals surface area (Å²) in [5, 5.41) is 3.65. The van der Waals surface area contributed by atoms with E-state index in [1.165, 1.54) is 4.68 Å². The first-order valence-electron chi connectivity index (χ1n) is 7.55. The SMILES string of the molecule is COc1ccc(-c2ccn(NC(=O)c3ccccc3)/c(=N\N)n2)cc1. The first-order valence-corrected chi connectivity index (χ1v) is 7.55. The lowest BCUT2D eigenvalue weighted by Crippen LogP contribution is -2.36. The van der Waals surface area contributed by atoms with E-state index in [2.05, 4.69) is 15.5 Å². The van der Waals surface area contributed by atoms with Gasteiger partial charge in [0.1, 0.15) is 5.75 Å². The average Bonchev–Trinajstić information content (AvgIpc) is 2.69. The number of hydrogen-bond donors (Lipinski definition) is 2. The predicted molar refractivity (Wildman–Crippen MR) is 94.1 cm³/mol. The topological polar surface area (TPSA) is 94.5 Å². The molecule has 0 radical (unpaired) electrons. The third-order valence-corrected chi connectivity index (χ3v) is 3.58. The third kappa shape index (κ3) is 3.66. The van der Waals surface area contributed by atoms with Gasteiger partial charge in [-0.3, -0.25) is 10.2 Å². The highest BCUT2D eigenvalue weighted by atomic mass is 16.5. The Bertz CT molecular complexity index is 934. The van der Waals surface area contributed by atoms with E-state index in [9.17, 15) is 4.79 Å². The molecule has 0 aliphatic carbocycles. The maximum absolute atomic E-state index is 12.3. The lowest BCUT2D eigenvalue weighted by Gasteiger charge is -2.10. The van der Waals surface area contributed by atoms with Crippen LogP contribution < -0.4 is 21.6 Å². The van der Waals surface area contributed by atoms with Crippen LogP contribution in [0.5, 0.6) is 5.75 Å². The Balaban J connectivity index is 1.88. The van der Waals surface area contributed by atoms with E-state index in [0.717, 1.165) is 11.3 Å². The molecular weight excluding hydrogens is 318 g/mol. The fraction of sp³-hybridized carbons (Fsp3) is 0.0556. The van der Waals surface area contributed by atoms with Crippen molar-refractivity contribution >= 4 is 5.91 Å². The number of benzene rings is 2. The summed E-state index contributed by atoms with van der Waals surface area (Å²) in [6.45, 7) is 0. The van der Waals surface area contributed by atoms with Crippen molar-refractivity contribution in [3.8, 4) is 17.0 Å². The summed E-state index contributed by atoms with van der Waals surface area (Å²) in [6, 6.07) is 18.1. The van der Waals surface area contributed by atoms with E-state index in [1.54, 1.807) is 43.6 Å². The number of methoxy groups -OCH3 is 1. The van der Waals surface area contributed by atoms with Crippen LogP contribution in [0.2, 0.25) is 0 Å². The first kappa shape index (κ1) is 16.3. The Morgan fingerprint density at radius 3 is 2.48 bits per heavy atom. The Morgan fingerprint density at radius 1 is 1.12 bits per heavy atom. The first-order chi connectivity index (χ1) is 12.2. The van der Waals surface area contributed by atoms with Crippen LogP contribution in [-0.4, -0.2) is 22.7 Å². The lowest BCUT2D eigenvalue weighted by molar-refractivity contribution is 0.101. The number of carbonyl (C=O) groups excluding carboxylic acids is 1. The molecule has 0 atom stereocenters. The molecule has 1 heterocycles. The molecule has 0 fully saturated rings. The number of nitrogens with one attached hydrogen (secondary N) is 1. The number of nitrogens with two attached hydrogens (primary N) is 1. The number of nitrogens with zero attached hydrogens (tertiary/aromatic N) is 3. The maximum Gasteiger partial charge on any atom is 0.270 e. The van der Waals surface area contributed by atoms with Crippen molar-refractivity contribution in [1.82, 2.24) is 9.66 Å². The number of amides is 1. The summed E-state index contributed by atoms with van der Waals surface area (Å²) in [6.07, 6.45) is 1.65. The van der Waals surface area contributed by atoms with Crippen molar-refractivity contribution < 1.29 is 9.53 Å². The summed E-state index contributed by atoms with van der Waals surface area (Å²) in [4.78, 5) is 16.6. The van der Waals surface area contributed by atoms with Gasteiger partial charge in [-0.05, 0) is 42.5 Å². The van der Waals surface area contributed by atoms with Crippen LogP contribution in [0.3, 0.4) is 0 Å². The third-order valence-electron chi connectivity index (χ3n) is 3.58. The summed E-state index contributed by atoms with van der Waals surface area (Å²) >= 11 is 0. The zero-order valence-electron chi connectivity index (χ0n) is 13.6. The number of aromatic nitrogens is 2. The summed E-state index contributed by atoms with van der Waals surface area (Å²) < 4.78 is 6.52. The number of hydrogen-bond acceptors (Lipinski definition) is 5. The Labute approximate surface area is 144 Å². The fourth-order valence-corrected chi connectivity index (χ4v) is 2.28. The van der Waals surface area contributed by atoms with Crippen LogP contribution in [0.15, 0.2) is 72.0 Å². The minimum atomic E-state index is -0.283. The molecule has 25 heavy (non-hydrogen) atoms. The van der Waals surface area contributed by atoms with Crippen molar-refractivity contribution in [3.05, 3.63) is 78.0 Å². The average molecular weight is 335 g/mol. The van der Waals surface area contributed by atoms with Crippen LogP contribution in [0.1, 0.15) is 10.4 Å². The highest BCUT2D eigenvalue weighted by Gasteiger charge is 2.07. The van der Waals surface area contributed by atoms with E-state index < -0.39 is 0 Å². The largest absolute Gasteiger partial charge is 0.497 e. The molecule has 7 nitrogen and oxygen atoms in total. The van der Waals surface area contributed by atoms with Gasteiger partial charge in [-0.15, -0.1) is 5.10 Å². The zero-order valence-corrected chi connectivity index (χ0v) is 13.6. The Hall–Kier alpha value is -3.61. The molecule has 0 saturated carbocycles. The number of carbonyl (C=O) groups is 1. The summed E-state index contributed by atoms with van der Waals surface area (Å²) in [7, 11) is 1.61. The molecule has 3 rings (SSSR count). The van der Waals surface area contributed by atoms with E-state index >= 15 is 0 Å². The lowest BCUT2D eigenvalue weighted by atomic mass is 10.1. The molecule has 0 aliphatic rings. The van der Waals surface area contributed by atoms with Crippen LogP contribution in [0, 0.1) is 0 Å². The normalized spacial score (nSPS) is 11.2. The van der Waals surface area contributed by atoms with Gasteiger partial charge < -0.3 is 10.6 Å². The van der Waals surface area contributed by atoms with E-state index in [4.69, 9.17) is 10.6 Å². The van der Waals surface area contributed by atoms with Crippen LogP contribution in [0.4, 0.5) is 0 Å². The van der Waals surface area contributed by atoms with Gasteiger partial charge in [0, 0.05) is 17.3 Å². The molecule has 7 heteroatoms. The molecule has 0 unspecified atom stereocenters. The summed E-state index contributed by atoms with van der Waals surface area (Å²) in [5.41, 5.74) is 4.96. The molecule has 0 bridgehead atoms. The fourth-order valence-electron chi connectivity index (χ4n) is 2.28.